The average molecular weight is 485 g/mol. The van der Waals surface area contributed by atoms with E-state index in [9.17, 15) is 19.5 Å². The van der Waals surface area contributed by atoms with Crippen LogP contribution >= 0.6 is 0 Å². The minimum atomic E-state index is -0.894. The Labute approximate surface area is 210 Å². The van der Waals surface area contributed by atoms with Gasteiger partial charge in [-0.05, 0) is 61.4 Å². The van der Waals surface area contributed by atoms with Gasteiger partial charge in [0.1, 0.15) is 5.76 Å². The summed E-state index contributed by atoms with van der Waals surface area (Å²) in [7, 11) is 5.11. The molecule has 1 heterocycles. The van der Waals surface area contributed by atoms with E-state index in [2.05, 4.69) is 0 Å². The van der Waals surface area contributed by atoms with E-state index in [4.69, 9.17) is 4.74 Å². The summed E-state index contributed by atoms with van der Waals surface area (Å²) >= 11 is 0. The van der Waals surface area contributed by atoms with Crippen molar-refractivity contribution < 1.29 is 24.2 Å². The van der Waals surface area contributed by atoms with Crippen molar-refractivity contribution in [2.24, 2.45) is 0 Å². The van der Waals surface area contributed by atoms with E-state index < -0.39 is 23.7 Å². The van der Waals surface area contributed by atoms with Crippen molar-refractivity contribution in [3.63, 3.8) is 0 Å². The van der Waals surface area contributed by atoms with Crippen LogP contribution in [0.1, 0.15) is 38.7 Å². The summed E-state index contributed by atoms with van der Waals surface area (Å²) in [4.78, 5) is 42.3. The van der Waals surface area contributed by atoms with Crippen molar-refractivity contribution >= 4 is 34.8 Å². The Kier molecular flexibility index (Phi) is 6.66. The van der Waals surface area contributed by atoms with Gasteiger partial charge in [0.15, 0.2) is 0 Å². The first-order chi connectivity index (χ1) is 17.1. The summed E-state index contributed by atoms with van der Waals surface area (Å²) in [6.07, 6.45) is 0. The summed E-state index contributed by atoms with van der Waals surface area (Å²) in [5.41, 5.74) is 4.36. The first-order valence-electron chi connectivity index (χ1n) is 11.5. The number of Topliss-reactive ketones (excluding diaryl/α,β-unsaturated/α-hetero) is 1. The second kappa shape index (κ2) is 9.70. The zero-order chi connectivity index (χ0) is 26.1. The zero-order valence-electron chi connectivity index (χ0n) is 20.9. The van der Waals surface area contributed by atoms with E-state index in [1.165, 1.54) is 18.1 Å². The van der Waals surface area contributed by atoms with Crippen LogP contribution in [0.2, 0.25) is 0 Å². The smallest absolute Gasteiger partial charge is 0.337 e. The number of ketones is 1. The Morgan fingerprint density at radius 1 is 0.972 bits per heavy atom. The molecule has 0 saturated carbocycles. The highest BCUT2D eigenvalue weighted by Crippen LogP contribution is 2.43. The highest BCUT2D eigenvalue weighted by atomic mass is 16.5. The lowest BCUT2D eigenvalue weighted by Crippen LogP contribution is -2.29. The van der Waals surface area contributed by atoms with Gasteiger partial charge >= 0.3 is 5.97 Å². The minimum absolute atomic E-state index is 0.00484. The summed E-state index contributed by atoms with van der Waals surface area (Å²) < 4.78 is 4.83. The van der Waals surface area contributed by atoms with Crippen LogP contribution in [0.25, 0.3) is 5.76 Å². The normalized spacial score (nSPS) is 16.8. The minimum Gasteiger partial charge on any atom is -0.507 e. The maximum Gasteiger partial charge on any atom is 0.337 e. The van der Waals surface area contributed by atoms with Crippen LogP contribution in [-0.4, -0.2) is 44.0 Å². The first kappa shape index (κ1) is 24.7. The van der Waals surface area contributed by atoms with Crippen LogP contribution in [0.3, 0.4) is 0 Å². The SMILES string of the molecule is COC(=O)c1cccc(N2C(=O)C(=O)/C(=C(/O)c3cc(C)ccc3C)C2c2ccc(N(C)C)cc2)c1. The molecule has 3 aromatic rings. The van der Waals surface area contributed by atoms with Crippen molar-refractivity contribution in [2.75, 3.05) is 31.0 Å². The molecule has 0 bridgehead atoms. The van der Waals surface area contributed by atoms with Gasteiger partial charge in [0.2, 0.25) is 0 Å². The number of aliphatic hydroxyl groups excluding tert-OH is 1. The van der Waals surface area contributed by atoms with Gasteiger partial charge in [-0.1, -0.05) is 35.9 Å². The third kappa shape index (κ3) is 4.35. The van der Waals surface area contributed by atoms with Gasteiger partial charge in [0, 0.05) is 31.0 Å². The van der Waals surface area contributed by atoms with E-state index in [1.54, 1.807) is 24.3 Å². The highest BCUT2D eigenvalue weighted by molar-refractivity contribution is 6.51. The number of carbonyl (C=O) groups excluding carboxylic acids is 3. The molecular weight excluding hydrogens is 456 g/mol. The molecule has 0 spiro atoms. The Morgan fingerprint density at radius 2 is 1.67 bits per heavy atom. The predicted molar refractivity (Wildman–Crippen MR) is 139 cm³/mol. The summed E-state index contributed by atoms with van der Waals surface area (Å²) in [5, 5.41) is 11.4. The maximum atomic E-state index is 13.4. The highest BCUT2D eigenvalue weighted by Gasteiger charge is 2.47. The number of carbonyl (C=O) groups is 3. The Hall–Kier alpha value is -4.39. The predicted octanol–water partition coefficient (Wildman–Crippen LogP) is 4.78. The topological polar surface area (TPSA) is 87.1 Å². The molecule has 1 saturated heterocycles. The number of aliphatic hydroxyl groups is 1. The molecule has 1 amide bonds. The van der Waals surface area contributed by atoms with Crippen LogP contribution in [0.15, 0.2) is 72.3 Å². The van der Waals surface area contributed by atoms with Crippen molar-refractivity contribution in [3.05, 3.63) is 100 Å². The van der Waals surface area contributed by atoms with Crippen LogP contribution in [0.4, 0.5) is 11.4 Å². The number of benzene rings is 3. The molecule has 1 atom stereocenters. The Balaban J connectivity index is 1.96. The molecule has 1 aliphatic rings. The monoisotopic (exact) mass is 484 g/mol. The number of nitrogens with zero attached hydrogens (tertiary/aromatic N) is 2. The van der Waals surface area contributed by atoms with E-state index in [-0.39, 0.29) is 16.9 Å². The number of ether oxygens (including phenoxy) is 1. The third-order valence-electron chi connectivity index (χ3n) is 6.36. The molecule has 4 rings (SSSR count). The zero-order valence-corrected chi connectivity index (χ0v) is 20.9. The van der Waals surface area contributed by atoms with E-state index in [0.717, 1.165) is 16.8 Å². The molecule has 184 valence electrons. The van der Waals surface area contributed by atoms with E-state index in [0.29, 0.717) is 16.8 Å². The molecule has 0 aliphatic carbocycles. The van der Waals surface area contributed by atoms with Gasteiger partial charge in [-0.25, -0.2) is 4.79 Å². The molecule has 7 heteroatoms. The lowest BCUT2D eigenvalue weighted by atomic mass is 9.93. The number of hydrogen-bond donors (Lipinski definition) is 1. The van der Waals surface area contributed by atoms with Gasteiger partial charge in [-0.15, -0.1) is 0 Å². The second-order valence-electron chi connectivity index (χ2n) is 9.02. The molecule has 0 radical (unpaired) electrons. The lowest BCUT2D eigenvalue weighted by Gasteiger charge is -2.26. The molecule has 0 aromatic heterocycles. The maximum absolute atomic E-state index is 13.4. The first-order valence-corrected chi connectivity index (χ1v) is 11.5. The molecule has 3 aromatic carbocycles. The van der Waals surface area contributed by atoms with Crippen molar-refractivity contribution in [1.82, 2.24) is 0 Å². The molecule has 36 heavy (non-hydrogen) atoms. The van der Waals surface area contributed by atoms with Crippen molar-refractivity contribution in [2.45, 2.75) is 19.9 Å². The number of esters is 1. The van der Waals surface area contributed by atoms with Crippen LogP contribution < -0.4 is 9.80 Å². The van der Waals surface area contributed by atoms with Gasteiger partial charge in [0.25, 0.3) is 11.7 Å². The lowest BCUT2D eigenvalue weighted by molar-refractivity contribution is -0.132. The Bertz CT molecular complexity index is 1390. The number of anilines is 2. The third-order valence-corrected chi connectivity index (χ3v) is 6.36. The number of aryl methyl sites for hydroxylation is 2. The van der Waals surface area contributed by atoms with Gasteiger partial charge in [-0.2, -0.15) is 0 Å². The summed E-state index contributed by atoms with van der Waals surface area (Å²) in [5.74, 6) is -2.37. The van der Waals surface area contributed by atoms with Crippen molar-refractivity contribution in [3.8, 4) is 0 Å². The Morgan fingerprint density at radius 3 is 2.31 bits per heavy atom. The fourth-order valence-corrected chi connectivity index (χ4v) is 4.41. The molecule has 1 aliphatic heterocycles. The van der Waals surface area contributed by atoms with Gasteiger partial charge in [-0.3, -0.25) is 14.5 Å². The van der Waals surface area contributed by atoms with Crippen molar-refractivity contribution in [1.29, 1.82) is 0 Å². The summed E-state index contributed by atoms with van der Waals surface area (Å²) in [6, 6.07) is 18.5. The van der Waals surface area contributed by atoms with Crippen LogP contribution in [-0.2, 0) is 14.3 Å². The van der Waals surface area contributed by atoms with Gasteiger partial charge in [0.05, 0.1) is 24.3 Å². The fraction of sp³-hybridized carbons (Fsp3) is 0.207. The number of rotatable bonds is 5. The van der Waals surface area contributed by atoms with E-state index >= 15 is 0 Å². The van der Waals surface area contributed by atoms with Crippen LogP contribution in [0, 0.1) is 13.8 Å². The molecular formula is C29H28N2O5. The summed E-state index contributed by atoms with van der Waals surface area (Å²) in [6.45, 7) is 3.73. The van der Waals surface area contributed by atoms with Gasteiger partial charge < -0.3 is 14.7 Å². The quantitative estimate of drug-likeness (QED) is 0.243. The number of hydrogen-bond acceptors (Lipinski definition) is 6. The fourth-order valence-electron chi connectivity index (χ4n) is 4.41. The number of methoxy groups -OCH3 is 1. The van der Waals surface area contributed by atoms with E-state index in [1.807, 2.05) is 69.2 Å². The second-order valence-corrected chi connectivity index (χ2v) is 9.02. The molecule has 1 unspecified atom stereocenters. The molecule has 1 N–H and O–H groups in total. The van der Waals surface area contributed by atoms with Crippen LogP contribution in [0.5, 0.6) is 0 Å². The largest absolute Gasteiger partial charge is 0.507 e. The number of amides is 1. The average Bonchev–Trinajstić information content (AvgIpc) is 3.14. The standard InChI is InChI=1S/C29H28N2O5/c1-17-9-10-18(2)23(15-17)26(32)24-25(19-11-13-21(14-12-19)30(3)4)31(28(34)27(24)33)22-8-6-7-20(16-22)29(35)36-5/h6-16,25,32H,1-5H3/b26-24+. The molecule has 1 fully saturated rings. The molecule has 7 nitrogen and oxygen atoms in total.